The maximum absolute atomic E-state index is 5.99. The number of rotatable bonds is 5. The van der Waals surface area contributed by atoms with E-state index in [0.29, 0.717) is 29.6 Å². The van der Waals surface area contributed by atoms with Gasteiger partial charge in [-0.2, -0.15) is 11.3 Å². The van der Waals surface area contributed by atoms with Crippen LogP contribution in [0.1, 0.15) is 5.56 Å². The SMILES string of the molecule is Clc1cncc(OC[C@H]2CO[C@@H]3CN(Cc4ccsc4)C[C@H]23)c1. The number of likely N-dealkylation sites (tertiary alicyclic amines) is 1. The van der Waals surface area contributed by atoms with Gasteiger partial charge < -0.3 is 9.47 Å². The third-order valence-corrected chi connectivity index (χ3v) is 5.58. The summed E-state index contributed by atoms with van der Waals surface area (Å²) < 4.78 is 11.9. The van der Waals surface area contributed by atoms with E-state index in [1.807, 2.05) is 0 Å². The number of fused-ring (bicyclic) bond motifs is 1. The predicted octanol–water partition coefficient (Wildman–Crippen LogP) is 3.32. The van der Waals surface area contributed by atoms with E-state index in [-0.39, 0.29) is 0 Å². The Morgan fingerprint density at radius 2 is 2.35 bits per heavy atom. The summed E-state index contributed by atoms with van der Waals surface area (Å²) in [6.45, 7) is 4.58. The van der Waals surface area contributed by atoms with Gasteiger partial charge in [-0.25, -0.2) is 0 Å². The largest absolute Gasteiger partial charge is 0.492 e. The van der Waals surface area contributed by atoms with Crippen molar-refractivity contribution in [3.05, 3.63) is 45.9 Å². The average Bonchev–Trinajstić information content (AvgIpc) is 3.24. The third kappa shape index (κ3) is 3.53. The molecule has 3 atom stereocenters. The van der Waals surface area contributed by atoms with Crippen LogP contribution in [0.2, 0.25) is 5.02 Å². The second-order valence-electron chi connectivity index (χ2n) is 6.27. The molecular weight excluding hydrogens is 332 g/mol. The van der Waals surface area contributed by atoms with Gasteiger partial charge in [0, 0.05) is 43.7 Å². The van der Waals surface area contributed by atoms with Crippen LogP contribution in [0.25, 0.3) is 0 Å². The lowest BCUT2D eigenvalue weighted by Gasteiger charge is -2.19. The quantitative estimate of drug-likeness (QED) is 0.828. The highest BCUT2D eigenvalue weighted by Crippen LogP contribution is 2.34. The van der Waals surface area contributed by atoms with Gasteiger partial charge >= 0.3 is 0 Å². The van der Waals surface area contributed by atoms with Crippen LogP contribution in [0, 0.1) is 11.8 Å². The average molecular weight is 351 g/mol. The highest BCUT2D eigenvalue weighted by molar-refractivity contribution is 7.07. The molecule has 6 heteroatoms. The molecule has 0 aliphatic carbocycles. The molecule has 4 heterocycles. The van der Waals surface area contributed by atoms with Gasteiger partial charge in [0.05, 0.1) is 30.5 Å². The van der Waals surface area contributed by atoms with E-state index in [9.17, 15) is 0 Å². The normalized spacial score (nSPS) is 27.3. The van der Waals surface area contributed by atoms with Gasteiger partial charge in [-0.3, -0.25) is 9.88 Å². The predicted molar refractivity (Wildman–Crippen MR) is 91.1 cm³/mol. The van der Waals surface area contributed by atoms with Gasteiger partial charge in [0.25, 0.3) is 0 Å². The topological polar surface area (TPSA) is 34.6 Å². The van der Waals surface area contributed by atoms with Crippen molar-refractivity contribution in [3.8, 4) is 5.75 Å². The van der Waals surface area contributed by atoms with Gasteiger partial charge in [-0.05, 0) is 22.4 Å². The molecule has 4 nitrogen and oxygen atoms in total. The molecule has 0 bridgehead atoms. The number of hydrogen-bond donors (Lipinski definition) is 0. The lowest BCUT2D eigenvalue weighted by atomic mass is 9.94. The van der Waals surface area contributed by atoms with E-state index in [4.69, 9.17) is 21.1 Å². The van der Waals surface area contributed by atoms with Gasteiger partial charge in [-0.15, -0.1) is 0 Å². The molecule has 2 aliphatic rings. The van der Waals surface area contributed by atoms with Gasteiger partial charge in [0.15, 0.2) is 0 Å². The summed E-state index contributed by atoms with van der Waals surface area (Å²) in [4.78, 5) is 6.54. The summed E-state index contributed by atoms with van der Waals surface area (Å²) in [6, 6.07) is 4.01. The molecular formula is C17H19ClN2O2S. The van der Waals surface area contributed by atoms with Crippen molar-refractivity contribution in [1.29, 1.82) is 0 Å². The highest BCUT2D eigenvalue weighted by Gasteiger charge is 2.43. The Hall–Kier alpha value is -1.14. The van der Waals surface area contributed by atoms with E-state index >= 15 is 0 Å². The van der Waals surface area contributed by atoms with Gasteiger partial charge in [0.2, 0.25) is 0 Å². The Bertz CT molecular complexity index is 652. The summed E-state index contributed by atoms with van der Waals surface area (Å²) in [5.74, 6) is 1.72. The van der Waals surface area contributed by atoms with Crippen LogP contribution in [-0.2, 0) is 11.3 Å². The Morgan fingerprint density at radius 1 is 1.39 bits per heavy atom. The van der Waals surface area contributed by atoms with Crippen molar-refractivity contribution >= 4 is 22.9 Å². The van der Waals surface area contributed by atoms with Gasteiger partial charge in [0.1, 0.15) is 5.75 Å². The van der Waals surface area contributed by atoms with Crippen molar-refractivity contribution in [3.63, 3.8) is 0 Å². The molecule has 2 aliphatic heterocycles. The zero-order chi connectivity index (χ0) is 15.6. The van der Waals surface area contributed by atoms with Crippen molar-refractivity contribution in [2.75, 3.05) is 26.3 Å². The molecule has 0 saturated carbocycles. The lowest BCUT2D eigenvalue weighted by Crippen LogP contribution is -2.26. The maximum atomic E-state index is 5.99. The van der Waals surface area contributed by atoms with E-state index in [1.54, 1.807) is 29.8 Å². The molecule has 0 aromatic carbocycles. The summed E-state index contributed by atoms with van der Waals surface area (Å²) in [7, 11) is 0. The minimum atomic E-state index is 0.347. The van der Waals surface area contributed by atoms with Crippen LogP contribution >= 0.6 is 22.9 Å². The van der Waals surface area contributed by atoms with Crippen molar-refractivity contribution in [2.45, 2.75) is 12.6 Å². The number of nitrogens with zero attached hydrogens (tertiary/aromatic N) is 2. The fourth-order valence-corrected chi connectivity index (χ4v) is 4.32. The number of hydrogen-bond acceptors (Lipinski definition) is 5. The van der Waals surface area contributed by atoms with E-state index in [1.165, 1.54) is 5.56 Å². The number of aromatic nitrogens is 1. The van der Waals surface area contributed by atoms with Crippen LogP contribution < -0.4 is 4.74 Å². The minimum Gasteiger partial charge on any atom is -0.492 e. The number of pyridine rings is 1. The number of ether oxygens (including phenoxy) is 2. The molecule has 2 fully saturated rings. The fraction of sp³-hybridized carbons (Fsp3) is 0.471. The standard InChI is InChI=1S/C17H19ClN2O2S/c18-14-3-15(5-19-4-14)21-9-13-10-22-17-8-20(7-16(13)17)6-12-1-2-23-11-12/h1-5,11,13,16-17H,6-10H2/t13-,16+,17+/m0/s1. The Morgan fingerprint density at radius 3 is 3.17 bits per heavy atom. The number of thiophene rings is 1. The molecule has 0 N–H and O–H groups in total. The van der Waals surface area contributed by atoms with Crippen molar-refractivity contribution in [2.24, 2.45) is 11.8 Å². The fourth-order valence-electron chi connectivity index (χ4n) is 3.50. The minimum absolute atomic E-state index is 0.347. The first-order chi connectivity index (χ1) is 11.3. The van der Waals surface area contributed by atoms with Crippen LogP contribution in [0.15, 0.2) is 35.3 Å². The van der Waals surface area contributed by atoms with E-state index in [0.717, 1.165) is 32.0 Å². The van der Waals surface area contributed by atoms with Crippen molar-refractivity contribution < 1.29 is 9.47 Å². The maximum Gasteiger partial charge on any atom is 0.139 e. The van der Waals surface area contributed by atoms with E-state index < -0.39 is 0 Å². The molecule has 0 amide bonds. The molecule has 2 aromatic rings. The van der Waals surface area contributed by atoms with E-state index in [2.05, 4.69) is 26.7 Å². The van der Waals surface area contributed by atoms with Gasteiger partial charge in [-0.1, -0.05) is 11.6 Å². The van der Waals surface area contributed by atoms with Crippen LogP contribution in [-0.4, -0.2) is 42.3 Å². The molecule has 2 aromatic heterocycles. The summed E-state index contributed by atoms with van der Waals surface area (Å²) >= 11 is 7.70. The summed E-state index contributed by atoms with van der Waals surface area (Å²) in [5, 5.41) is 4.96. The van der Waals surface area contributed by atoms with Crippen LogP contribution in [0.4, 0.5) is 0 Å². The summed E-state index contributed by atoms with van der Waals surface area (Å²) in [6.07, 6.45) is 3.67. The van der Waals surface area contributed by atoms with Crippen molar-refractivity contribution in [1.82, 2.24) is 9.88 Å². The molecule has 122 valence electrons. The Labute approximate surface area is 145 Å². The zero-order valence-electron chi connectivity index (χ0n) is 12.7. The van der Waals surface area contributed by atoms with Crippen LogP contribution in [0.3, 0.4) is 0 Å². The molecule has 0 spiro atoms. The smallest absolute Gasteiger partial charge is 0.139 e. The lowest BCUT2D eigenvalue weighted by molar-refractivity contribution is 0.0897. The first-order valence-electron chi connectivity index (χ1n) is 7.86. The Kier molecular flexibility index (Phi) is 4.53. The zero-order valence-corrected chi connectivity index (χ0v) is 14.3. The molecule has 4 rings (SSSR count). The first kappa shape index (κ1) is 15.4. The second-order valence-corrected chi connectivity index (χ2v) is 7.49. The molecule has 2 saturated heterocycles. The first-order valence-corrected chi connectivity index (χ1v) is 9.18. The molecule has 0 radical (unpaired) electrons. The molecule has 23 heavy (non-hydrogen) atoms. The third-order valence-electron chi connectivity index (χ3n) is 4.64. The highest BCUT2D eigenvalue weighted by atomic mass is 35.5. The number of halogens is 1. The second kappa shape index (κ2) is 6.77. The monoisotopic (exact) mass is 350 g/mol. The summed E-state index contributed by atoms with van der Waals surface area (Å²) in [5.41, 5.74) is 1.40. The molecule has 0 unspecified atom stereocenters. The Balaban J connectivity index is 1.33. The van der Waals surface area contributed by atoms with Crippen LogP contribution in [0.5, 0.6) is 5.75 Å².